The van der Waals surface area contributed by atoms with E-state index < -0.39 is 0 Å². The molecule has 2 N–H and O–H groups in total. The lowest BCUT2D eigenvalue weighted by Gasteiger charge is -2.07. The summed E-state index contributed by atoms with van der Waals surface area (Å²) in [5.74, 6) is 0. The summed E-state index contributed by atoms with van der Waals surface area (Å²) in [5.41, 5.74) is 6.00. The molecule has 0 aliphatic rings. The first kappa shape index (κ1) is 12.0. The number of benzene rings is 1. The van der Waals surface area contributed by atoms with E-state index in [9.17, 15) is 4.79 Å². The predicted molar refractivity (Wildman–Crippen MR) is 68.5 cm³/mol. The second kappa shape index (κ2) is 4.77. The largest absolute Gasteiger partial charge is 0.392 e. The van der Waals surface area contributed by atoms with Crippen LogP contribution in [-0.4, -0.2) is 9.55 Å². The highest BCUT2D eigenvalue weighted by atomic mass is 35.5. The topological polar surface area (TPSA) is 60.9 Å². The van der Waals surface area contributed by atoms with Crippen LogP contribution in [-0.2, 0) is 6.54 Å². The van der Waals surface area contributed by atoms with Gasteiger partial charge in [-0.3, -0.25) is 9.36 Å². The monoisotopic (exact) mass is 269 g/mol. The minimum atomic E-state index is -0.357. The zero-order valence-corrected chi connectivity index (χ0v) is 10.2. The van der Waals surface area contributed by atoms with Crippen LogP contribution < -0.4 is 11.3 Å². The molecule has 0 spiro atoms. The van der Waals surface area contributed by atoms with E-state index in [1.807, 2.05) is 12.1 Å². The Kier molecular flexibility index (Phi) is 3.36. The Hall–Kier alpha value is -1.52. The molecule has 0 unspecified atom stereocenters. The Labute approximate surface area is 108 Å². The molecule has 0 atom stereocenters. The van der Waals surface area contributed by atoms with Gasteiger partial charge in [0.1, 0.15) is 5.69 Å². The van der Waals surface area contributed by atoms with Gasteiger partial charge in [0.05, 0.1) is 12.9 Å². The van der Waals surface area contributed by atoms with Crippen LogP contribution in [0.3, 0.4) is 0 Å². The molecule has 0 saturated heterocycles. The van der Waals surface area contributed by atoms with Crippen LogP contribution >= 0.6 is 23.2 Å². The second-order valence-electron chi connectivity index (χ2n) is 3.51. The molecule has 0 fully saturated rings. The van der Waals surface area contributed by atoms with Crippen molar-refractivity contribution in [1.29, 1.82) is 0 Å². The van der Waals surface area contributed by atoms with E-state index >= 15 is 0 Å². The zero-order valence-electron chi connectivity index (χ0n) is 8.73. The normalized spacial score (nSPS) is 10.5. The van der Waals surface area contributed by atoms with Crippen LogP contribution in [0.15, 0.2) is 35.4 Å². The van der Waals surface area contributed by atoms with Gasteiger partial charge in [-0.1, -0.05) is 35.3 Å². The third-order valence-electron chi connectivity index (χ3n) is 2.27. The third kappa shape index (κ3) is 2.60. The van der Waals surface area contributed by atoms with E-state index in [4.69, 9.17) is 28.9 Å². The summed E-state index contributed by atoms with van der Waals surface area (Å²) in [6.45, 7) is 0.355. The number of halogens is 2. The van der Waals surface area contributed by atoms with Gasteiger partial charge in [-0.2, -0.15) is 0 Å². The van der Waals surface area contributed by atoms with Crippen molar-refractivity contribution in [3.8, 4) is 0 Å². The lowest BCUT2D eigenvalue weighted by molar-refractivity contribution is 0.739. The Morgan fingerprint density at radius 2 is 2.12 bits per heavy atom. The van der Waals surface area contributed by atoms with E-state index in [1.54, 1.807) is 12.1 Å². The Bertz CT molecular complexity index is 610. The highest BCUT2D eigenvalue weighted by Gasteiger charge is 2.06. The molecule has 0 saturated carbocycles. The van der Waals surface area contributed by atoms with Gasteiger partial charge in [0, 0.05) is 5.02 Å². The van der Waals surface area contributed by atoms with Crippen LogP contribution in [0, 0.1) is 0 Å². The second-order valence-corrected chi connectivity index (χ2v) is 4.31. The molecule has 0 amide bonds. The molecule has 0 aliphatic heterocycles. The first-order valence-electron chi connectivity index (χ1n) is 4.83. The summed E-state index contributed by atoms with van der Waals surface area (Å²) < 4.78 is 1.38. The van der Waals surface area contributed by atoms with E-state index in [2.05, 4.69) is 4.98 Å². The maximum absolute atomic E-state index is 11.8. The maximum Gasteiger partial charge on any atom is 0.278 e. The Morgan fingerprint density at radius 1 is 1.35 bits per heavy atom. The van der Waals surface area contributed by atoms with Crippen LogP contribution in [0.25, 0.3) is 0 Å². The SMILES string of the molecule is Nc1c(Cl)ncn(Cc2cccc(Cl)c2)c1=O. The molecular formula is C11H9Cl2N3O. The van der Waals surface area contributed by atoms with E-state index in [0.717, 1.165) is 5.56 Å². The predicted octanol–water partition coefficient (Wildman–Crippen LogP) is 2.18. The van der Waals surface area contributed by atoms with Gasteiger partial charge in [0.2, 0.25) is 0 Å². The molecule has 0 radical (unpaired) electrons. The van der Waals surface area contributed by atoms with Crippen LogP contribution in [0.4, 0.5) is 5.69 Å². The van der Waals surface area contributed by atoms with Gasteiger partial charge < -0.3 is 5.73 Å². The fourth-order valence-corrected chi connectivity index (χ4v) is 1.77. The standard InChI is InChI=1S/C11H9Cl2N3O/c12-8-3-1-2-7(4-8)5-16-6-15-10(13)9(14)11(16)17/h1-4,6H,5,14H2. The van der Waals surface area contributed by atoms with Crippen LogP contribution in [0.1, 0.15) is 5.56 Å². The number of aromatic nitrogens is 2. The maximum atomic E-state index is 11.8. The molecule has 88 valence electrons. The summed E-state index contributed by atoms with van der Waals surface area (Å²) in [4.78, 5) is 15.6. The number of nitrogen functional groups attached to an aromatic ring is 1. The fourth-order valence-electron chi connectivity index (χ4n) is 1.43. The van der Waals surface area contributed by atoms with Gasteiger partial charge in [0.25, 0.3) is 5.56 Å². The molecule has 1 aromatic heterocycles. The molecule has 2 aromatic rings. The number of anilines is 1. The Balaban J connectivity index is 2.37. The molecule has 1 aromatic carbocycles. The number of hydrogen-bond acceptors (Lipinski definition) is 3. The molecule has 4 nitrogen and oxygen atoms in total. The van der Waals surface area contributed by atoms with Gasteiger partial charge in [0.15, 0.2) is 5.15 Å². The van der Waals surface area contributed by atoms with E-state index in [1.165, 1.54) is 10.9 Å². The molecule has 0 bridgehead atoms. The number of nitrogens with two attached hydrogens (primary N) is 1. The lowest BCUT2D eigenvalue weighted by atomic mass is 10.2. The highest BCUT2D eigenvalue weighted by Crippen LogP contribution is 2.12. The molecule has 0 aliphatic carbocycles. The molecular weight excluding hydrogens is 261 g/mol. The lowest BCUT2D eigenvalue weighted by Crippen LogP contribution is -2.24. The van der Waals surface area contributed by atoms with Gasteiger partial charge >= 0.3 is 0 Å². The van der Waals surface area contributed by atoms with Crippen molar-refractivity contribution >= 4 is 28.9 Å². The highest BCUT2D eigenvalue weighted by molar-refractivity contribution is 6.31. The molecule has 6 heteroatoms. The van der Waals surface area contributed by atoms with Gasteiger partial charge in [-0.05, 0) is 17.7 Å². The van der Waals surface area contributed by atoms with Crippen molar-refractivity contribution in [3.05, 3.63) is 56.7 Å². The van der Waals surface area contributed by atoms with Crippen molar-refractivity contribution in [2.24, 2.45) is 0 Å². The van der Waals surface area contributed by atoms with Crippen molar-refractivity contribution in [3.63, 3.8) is 0 Å². The molecule has 2 rings (SSSR count). The summed E-state index contributed by atoms with van der Waals surface area (Å²) >= 11 is 11.5. The zero-order chi connectivity index (χ0) is 12.4. The van der Waals surface area contributed by atoms with Crippen LogP contribution in [0.2, 0.25) is 10.2 Å². The first-order valence-corrected chi connectivity index (χ1v) is 5.58. The van der Waals surface area contributed by atoms with E-state index in [0.29, 0.717) is 11.6 Å². The van der Waals surface area contributed by atoms with Crippen molar-refractivity contribution in [2.45, 2.75) is 6.54 Å². The number of nitrogens with zero attached hydrogens (tertiary/aromatic N) is 2. The van der Waals surface area contributed by atoms with E-state index in [-0.39, 0.29) is 16.4 Å². The number of hydrogen-bond donors (Lipinski definition) is 1. The molecule has 1 heterocycles. The fraction of sp³-hybridized carbons (Fsp3) is 0.0909. The average Bonchev–Trinajstić information content (AvgIpc) is 2.30. The van der Waals surface area contributed by atoms with Crippen molar-refractivity contribution in [2.75, 3.05) is 5.73 Å². The Morgan fingerprint density at radius 3 is 2.82 bits per heavy atom. The smallest absolute Gasteiger partial charge is 0.278 e. The van der Waals surface area contributed by atoms with Gasteiger partial charge in [-0.25, -0.2) is 4.98 Å². The quantitative estimate of drug-likeness (QED) is 0.851. The summed E-state index contributed by atoms with van der Waals surface area (Å²) in [6.07, 6.45) is 1.36. The van der Waals surface area contributed by atoms with Gasteiger partial charge in [-0.15, -0.1) is 0 Å². The summed E-state index contributed by atoms with van der Waals surface area (Å²) in [6, 6.07) is 7.22. The third-order valence-corrected chi connectivity index (χ3v) is 2.80. The van der Waals surface area contributed by atoms with Crippen molar-refractivity contribution < 1.29 is 0 Å². The summed E-state index contributed by atoms with van der Waals surface area (Å²) in [5, 5.41) is 0.641. The minimum Gasteiger partial charge on any atom is -0.392 e. The van der Waals surface area contributed by atoms with Crippen LogP contribution in [0.5, 0.6) is 0 Å². The first-order chi connectivity index (χ1) is 8.08. The number of rotatable bonds is 2. The minimum absolute atomic E-state index is 0.0253. The average molecular weight is 270 g/mol. The summed E-state index contributed by atoms with van der Waals surface area (Å²) in [7, 11) is 0. The molecule has 17 heavy (non-hydrogen) atoms. The van der Waals surface area contributed by atoms with Crippen molar-refractivity contribution in [1.82, 2.24) is 9.55 Å².